The Morgan fingerprint density at radius 3 is 1.83 bits per heavy atom. The molecule has 7 rings (SSSR count). The second-order valence-electron chi connectivity index (χ2n) is 16.1. The standard InChI is InChI=1S/C53H57N5O4S3/c1-4-7-10-13-16-38-34-48(47-30-29-45(63-47)33-39(35-54)53(59)60)64-52(38)46-36-55-49(51-50(46)56-65-57-51)37-17-19-40(20-18-37)58(41-21-25-43(26-22-41)61-31-14-11-8-5-2)42-23-27-44(28-24-42)62-32-15-12-9-6-3/h17-30,33-34,36H,4-16,31-32H2,1-3H3,(H,59,60)/b39-33-. The number of fused-ring (bicyclic) bond motifs is 1. The monoisotopic (exact) mass is 923 g/mol. The molecule has 0 amide bonds. The minimum absolute atomic E-state index is 0.286. The predicted molar refractivity (Wildman–Crippen MR) is 270 cm³/mol. The molecular weight excluding hydrogens is 867 g/mol. The van der Waals surface area contributed by atoms with Gasteiger partial charge in [0.15, 0.2) is 0 Å². The number of rotatable bonds is 25. The highest BCUT2D eigenvalue weighted by Crippen LogP contribution is 2.45. The zero-order valence-corrected chi connectivity index (χ0v) is 40.0. The number of hydrogen-bond donors (Lipinski definition) is 1. The van der Waals surface area contributed by atoms with Gasteiger partial charge in [0.1, 0.15) is 34.2 Å². The van der Waals surface area contributed by atoms with Gasteiger partial charge >= 0.3 is 5.97 Å². The molecule has 336 valence electrons. The van der Waals surface area contributed by atoms with Gasteiger partial charge in [-0.05, 0) is 116 Å². The summed E-state index contributed by atoms with van der Waals surface area (Å²) in [5.74, 6) is 0.503. The van der Waals surface area contributed by atoms with Crippen molar-refractivity contribution in [3.8, 4) is 49.0 Å². The van der Waals surface area contributed by atoms with Gasteiger partial charge in [0.2, 0.25) is 0 Å². The SMILES string of the molecule is CCCCCCOc1ccc(N(c2ccc(OCCCCCC)cc2)c2ccc(-c3ncc(-c4sc(-c5ccc(/C=C(/C#N)C(=O)O)s5)cc4CCCCCC)c4nsnc34)cc2)cc1. The summed E-state index contributed by atoms with van der Waals surface area (Å²) in [7, 11) is 0. The number of pyridine rings is 1. The Hall–Kier alpha value is -5.87. The van der Waals surface area contributed by atoms with E-state index in [1.165, 1.54) is 79.7 Å². The van der Waals surface area contributed by atoms with E-state index in [1.807, 2.05) is 18.3 Å². The first kappa shape index (κ1) is 47.1. The van der Waals surface area contributed by atoms with Gasteiger partial charge in [-0.15, -0.1) is 22.7 Å². The average Bonchev–Trinajstić information content (AvgIpc) is 4.12. The molecule has 0 bridgehead atoms. The van der Waals surface area contributed by atoms with Crippen molar-refractivity contribution >= 4 is 74.5 Å². The van der Waals surface area contributed by atoms with E-state index in [0.717, 1.165) is 114 Å². The number of benzene rings is 3. The Bertz CT molecular complexity index is 2620. The quantitative estimate of drug-likeness (QED) is 0.0339. The largest absolute Gasteiger partial charge is 0.494 e. The number of hydrogen-bond acceptors (Lipinski definition) is 11. The van der Waals surface area contributed by atoms with Gasteiger partial charge in [-0.1, -0.05) is 90.7 Å². The second-order valence-corrected chi connectivity index (χ2v) is 18.8. The van der Waals surface area contributed by atoms with Crippen molar-refractivity contribution in [3.05, 3.63) is 113 Å². The Kier molecular flexibility index (Phi) is 17.3. The number of carbonyl (C=O) groups is 1. The van der Waals surface area contributed by atoms with E-state index in [4.69, 9.17) is 23.2 Å². The molecule has 4 aromatic heterocycles. The van der Waals surface area contributed by atoms with Gasteiger partial charge in [-0.25, -0.2) is 4.79 Å². The minimum Gasteiger partial charge on any atom is -0.494 e. The number of nitrogens with zero attached hydrogens (tertiary/aromatic N) is 5. The fourth-order valence-corrected chi connectivity index (χ4v) is 10.6. The van der Waals surface area contributed by atoms with E-state index < -0.39 is 5.97 Å². The maximum absolute atomic E-state index is 11.5. The second kappa shape index (κ2) is 23.9. The van der Waals surface area contributed by atoms with Crippen molar-refractivity contribution in [1.82, 2.24) is 13.7 Å². The lowest BCUT2D eigenvalue weighted by Crippen LogP contribution is -2.10. The molecule has 12 heteroatoms. The molecule has 1 N–H and O–H groups in total. The maximum Gasteiger partial charge on any atom is 0.346 e. The zero-order valence-electron chi connectivity index (χ0n) is 37.6. The summed E-state index contributed by atoms with van der Waals surface area (Å²) in [5, 5.41) is 18.7. The molecule has 3 aromatic carbocycles. The lowest BCUT2D eigenvalue weighted by Gasteiger charge is -2.26. The molecule has 0 saturated heterocycles. The van der Waals surface area contributed by atoms with Crippen LogP contribution >= 0.6 is 34.4 Å². The lowest BCUT2D eigenvalue weighted by atomic mass is 10.0. The van der Waals surface area contributed by atoms with Gasteiger partial charge < -0.3 is 19.5 Å². The van der Waals surface area contributed by atoms with Gasteiger partial charge in [-0.3, -0.25) is 4.98 Å². The number of aromatic nitrogens is 3. The smallest absolute Gasteiger partial charge is 0.346 e. The molecule has 0 spiro atoms. The van der Waals surface area contributed by atoms with Crippen molar-refractivity contribution in [3.63, 3.8) is 0 Å². The molecule has 9 nitrogen and oxygen atoms in total. The molecule has 0 aliphatic heterocycles. The van der Waals surface area contributed by atoms with Crippen LogP contribution in [0.4, 0.5) is 17.1 Å². The molecule has 4 heterocycles. The van der Waals surface area contributed by atoms with Crippen molar-refractivity contribution in [2.75, 3.05) is 18.1 Å². The summed E-state index contributed by atoms with van der Waals surface area (Å²) in [4.78, 5) is 22.8. The third-order valence-corrected chi connectivity index (χ3v) is 14.2. The number of aliphatic carboxylic acids is 1. The first-order valence-corrected chi connectivity index (χ1v) is 25.3. The minimum atomic E-state index is -1.23. The number of thiophene rings is 2. The van der Waals surface area contributed by atoms with Gasteiger partial charge in [-0.2, -0.15) is 14.0 Å². The topological polar surface area (TPSA) is 121 Å². The molecular formula is C53H57N5O4S3. The summed E-state index contributed by atoms with van der Waals surface area (Å²) in [6.45, 7) is 8.09. The Morgan fingerprint density at radius 2 is 1.26 bits per heavy atom. The fourth-order valence-electron chi connectivity index (χ4n) is 7.74. The van der Waals surface area contributed by atoms with Crippen LogP contribution in [0.5, 0.6) is 11.5 Å². The Balaban J connectivity index is 1.18. The molecule has 65 heavy (non-hydrogen) atoms. The highest BCUT2D eigenvalue weighted by atomic mass is 32.1. The first-order chi connectivity index (χ1) is 31.9. The molecule has 0 unspecified atom stereocenters. The summed E-state index contributed by atoms with van der Waals surface area (Å²) >= 11 is 4.36. The molecule has 0 saturated carbocycles. The van der Waals surface area contributed by atoms with Crippen molar-refractivity contribution in [2.45, 2.75) is 104 Å². The molecule has 0 radical (unpaired) electrons. The molecule has 0 atom stereocenters. The van der Waals surface area contributed by atoms with Crippen LogP contribution in [0.25, 0.3) is 48.6 Å². The van der Waals surface area contributed by atoms with Crippen LogP contribution in [-0.4, -0.2) is 38.0 Å². The highest BCUT2D eigenvalue weighted by Gasteiger charge is 2.21. The number of carboxylic acid groups (broad SMARTS) is 1. The third-order valence-electron chi connectivity index (χ3n) is 11.3. The number of ether oxygens (including phenoxy) is 2. The third kappa shape index (κ3) is 12.3. The van der Waals surface area contributed by atoms with Crippen molar-refractivity contribution in [2.24, 2.45) is 0 Å². The molecule has 0 aliphatic rings. The van der Waals surface area contributed by atoms with Crippen LogP contribution in [0.1, 0.15) is 108 Å². The molecule has 7 aromatic rings. The van der Waals surface area contributed by atoms with Gasteiger partial charge in [0, 0.05) is 53.9 Å². The van der Waals surface area contributed by atoms with E-state index in [1.54, 1.807) is 17.4 Å². The van der Waals surface area contributed by atoms with E-state index >= 15 is 0 Å². The highest BCUT2D eigenvalue weighted by molar-refractivity contribution is 7.24. The lowest BCUT2D eigenvalue weighted by molar-refractivity contribution is -0.132. The van der Waals surface area contributed by atoms with Crippen molar-refractivity contribution < 1.29 is 19.4 Å². The number of nitriles is 1. The van der Waals surface area contributed by atoms with Crippen LogP contribution in [0.2, 0.25) is 0 Å². The van der Waals surface area contributed by atoms with Gasteiger partial charge in [0.05, 0.1) is 30.6 Å². The van der Waals surface area contributed by atoms with E-state index in [-0.39, 0.29) is 5.57 Å². The van der Waals surface area contributed by atoms with Gasteiger partial charge in [0.25, 0.3) is 0 Å². The number of unbranched alkanes of at least 4 members (excludes halogenated alkanes) is 9. The fraction of sp³-hybridized carbons (Fsp3) is 0.340. The van der Waals surface area contributed by atoms with E-state index in [9.17, 15) is 15.2 Å². The molecule has 0 aliphatic carbocycles. The Labute approximate surface area is 395 Å². The van der Waals surface area contributed by atoms with E-state index in [0.29, 0.717) is 13.2 Å². The average molecular weight is 924 g/mol. The number of carboxylic acids is 1. The van der Waals surface area contributed by atoms with E-state index in [2.05, 4.69) is 105 Å². The Morgan fingerprint density at radius 1 is 0.692 bits per heavy atom. The zero-order chi connectivity index (χ0) is 45.4. The maximum atomic E-state index is 11.5. The normalized spacial score (nSPS) is 11.5. The number of aryl methyl sites for hydroxylation is 1. The van der Waals surface area contributed by atoms with Crippen LogP contribution in [0.3, 0.4) is 0 Å². The predicted octanol–water partition coefficient (Wildman–Crippen LogP) is 15.7. The van der Waals surface area contributed by atoms with Crippen LogP contribution < -0.4 is 14.4 Å². The summed E-state index contributed by atoms with van der Waals surface area (Å²) in [6, 6.07) is 33.1. The summed E-state index contributed by atoms with van der Waals surface area (Å²) in [5.41, 5.74) is 8.25. The summed E-state index contributed by atoms with van der Waals surface area (Å²) in [6.07, 6.45) is 18.2. The van der Waals surface area contributed by atoms with Crippen LogP contribution in [0, 0.1) is 11.3 Å². The number of anilines is 3. The first-order valence-electron chi connectivity index (χ1n) is 23.0. The van der Waals surface area contributed by atoms with Crippen LogP contribution in [0.15, 0.2) is 103 Å². The molecule has 0 fully saturated rings. The van der Waals surface area contributed by atoms with Crippen molar-refractivity contribution in [1.29, 1.82) is 5.26 Å². The van der Waals surface area contributed by atoms with Crippen LogP contribution in [-0.2, 0) is 11.2 Å². The summed E-state index contributed by atoms with van der Waals surface area (Å²) < 4.78 is 21.9.